The summed E-state index contributed by atoms with van der Waals surface area (Å²) in [4.78, 5) is 0. The number of hydrogen-bond donors (Lipinski definition) is 2. The minimum atomic E-state index is 0.0643. The van der Waals surface area contributed by atoms with Crippen molar-refractivity contribution < 1.29 is 5.11 Å². The third kappa shape index (κ3) is 1.99. The number of nitrogens with one attached hydrogen (secondary N) is 1. The van der Waals surface area contributed by atoms with Crippen LogP contribution in [0.3, 0.4) is 0 Å². The average Bonchev–Trinajstić information content (AvgIpc) is 2.01. The van der Waals surface area contributed by atoms with Crippen LogP contribution < -0.4 is 5.32 Å². The lowest BCUT2D eigenvalue weighted by molar-refractivity contribution is 0.0384. The Bertz CT molecular complexity index is 141. The van der Waals surface area contributed by atoms with Gasteiger partial charge >= 0.3 is 0 Å². The second-order valence-electron chi connectivity index (χ2n) is 4.41. The van der Waals surface area contributed by atoms with Gasteiger partial charge in [0.15, 0.2) is 0 Å². The Balaban J connectivity index is 2.36. The quantitative estimate of drug-likeness (QED) is 0.672. The van der Waals surface area contributed by atoms with Gasteiger partial charge in [-0.1, -0.05) is 13.8 Å². The van der Waals surface area contributed by atoms with E-state index in [9.17, 15) is 5.11 Å². The average molecular weight is 171 g/mol. The van der Waals surface area contributed by atoms with E-state index in [1.54, 1.807) is 0 Å². The lowest BCUT2D eigenvalue weighted by Gasteiger charge is -2.47. The zero-order valence-corrected chi connectivity index (χ0v) is 8.43. The summed E-state index contributed by atoms with van der Waals surface area (Å²) >= 11 is 0. The third-order valence-electron chi connectivity index (χ3n) is 2.95. The first-order chi connectivity index (χ1) is 5.62. The first-order valence-corrected chi connectivity index (χ1v) is 5.00. The lowest BCUT2D eigenvalue weighted by Crippen LogP contribution is -2.59. The second kappa shape index (κ2) is 3.75. The molecule has 0 aromatic heterocycles. The third-order valence-corrected chi connectivity index (χ3v) is 2.95. The smallest absolute Gasteiger partial charge is 0.0613 e. The molecule has 0 heterocycles. The molecule has 2 heteroatoms. The van der Waals surface area contributed by atoms with Crippen molar-refractivity contribution in [2.24, 2.45) is 5.92 Å². The minimum Gasteiger partial charge on any atom is -0.394 e. The van der Waals surface area contributed by atoms with Gasteiger partial charge in [0, 0.05) is 11.6 Å². The molecule has 0 aromatic rings. The molecule has 2 N–H and O–H groups in total. The van der Waals surface area contributed by atoms with Gasteiger partial charge in [0.1, 0.15) is 0 Å². The highest BCUT2D eigenvalue weighted by atomic mass is 16.3. The Morgan fingerprint density at radius 2 is 2.17 bits per heavy atom. The highest BCUT2D eigenvalue weighted by Gasteiger charge is 2.41. The molecular weight excluding hydrogens is 150 g/mol. The Morgan fingerprint density at radius 1 is 1.58 bits per heavy atom. The molecule has 0 aromatic carbocycles. The molecule has 1 aliphatic rings. The van der Waals surface area contributed by atoms with Crippen LogP contribution in [0.5, 0.6) is 0 Å². The van der Waals surface area contributed by atoms with Crippen molar-refractivity contribution in [3.05, 3.63) is 0 Å². The van der Waals surface area contributed by atoms with Gasteiger partial charge < -0.3 is 10.4 Å². The van der Waals surface area contributed by atoms with Gasteiger partial charge in [-0.25, -0.2) is 0 Å². The van der Waals surface area contributed by atoms with Crippen molar-refractivity contribution in [1.29, 1.82) is 0 Å². The monoisotopic (exact) mass is 171 g/mol. The van der Waals surface area contributed by atoms with E-state index < -0.39 is 0 Å². The van der Waals surface area contributed by atoms with Gasteiger partial charge in [0.25, 0.3) is 0 Å². The van der Waals surface area contributed by atoms with E-state index in [1.165, 1.54) is 0 Å². The van der Waals surface area contributed by atoms with Crippen molar-refractivity contribution in [3.8, 4) is 0 Å². The first kappa shape index (κ1) is 10.0. The van der Waals surface area contributed by atoms with Crippen LogP contribution in [0.1, 0.15) is 40.0 Å². The summed E-state index contributed by atoms with van der Waals surface area (Å²) < 4.78 is 0. The topological polar surface area (TPSA) is 32.3 Å². The van der Waals surface area contributed by atoms with Gasteiger partial charge in [-0.15, -0.1) is 0 Å². The van der Waals surface area contributed by atoms with Crippen molar-refractivity contribution in [2.75, 3.05) is 6.61 Å². The summed E-state index contributed by atoms with van der Waals surface area (Å²) in [5.74, 6) is 0.786. The van der Waals surface area contributed by atoms with Crippen LogP contribution in [0.15, 0.2) is 0 Å². The van der Waals surface area contributed by atoms with E-state index in [1.807, 2.05) is 0 Å². The molecule has 1 fully saturated rings. The second-order valence-corrected chi connectivity index (χ2v) is 4.41. The molecule has 0 saturated heterocycles. The SMILES string of the molecule is CCC(C)NC1(CO)CC(C)C1. The largest absolute Gasteiger partial charge is 0.394 e. The number of hydrogen-bond acceptors (Lipinski definition) is 2. The molecule has 0 radical (unpaired) electrons. The molecule has 12 heavy (non-hydrogen) atoms. The summed E-state index contributed by atoms with van der Waals surface area (Å²) in [6.45, 7) is 6.89. The van der Waals surface area contributed by atoms with Crippen LogP contribution in [0.4, 0.5) is 0 Å². The molecular formula is C10H21NO. The summed E-state index contributed by atoms with van der Waals surface area (Å²) in [6.07, 6.45) is 3.40. The Labute approximate surface area is 75.4 Å². The van der Waals surface area contributed by atoms with Crippen molar-refractivity contribution in [1.82, 2.24) is 5.32 Å². The van der Waals surface area contributed by atoms with Crippen LogP contribution in [0, 0.1) is 5.92 Å². The van der Waals surface area contributed by atoms with Gasteiger partial charge in [-0.05, 0) is 32.1 Å². The number of aliphatic hydroxyl groups is 1. The molecule has 72 valence electrons. The molecule has 0 aliphatic heterocycles. The van der Waals surface area contributed by atoms with Crippen LogP contribution in [-0.4, -0.2) is 23.3 Å². The lowest BCUT2D eigenvalue weighted by atomic mass is 9.69. The summed E-state index contributed by atoms with van der Waals surface area (Å²) in [5.41, 5.74) is 0.0643. The number of rotatable bonds is 4. The molecule has 1 atom stereocenters. The van der Waals surface area contributed by atoms with E-state index in [4.69, 9.17) is 0 Å². The van der Waals surface area contributed by atoms with Gasteiger partial charge in [-0.3, -0.25) is 0 Å². The van der Waals surface area contributed by atoms with Crippen molar-refractivity contribution >= 4 is 0 Å². The van der Waals surface area contributed by atoms with E-state index >= 15 is 0 Å². The van der Waals surface area contributed by atoms with Gasteiger partial charge in [0.05, 0.1) is 6.61 Å². The molecule has 0 bridgehead atoms. The molecule has 1 aliphatic carbocycles. The molecule has 1 saturated carbocycles. The Hall–Kier alpha value is -0.0800. The molecule has 1 rings (SSSR count). The zero-order chi connectivity index (χ0) is 9.19. The molecule has 0 spiro atoms. The van der Waals surface area contributed by atoms with Gasteiger partial charge in [0.2, 0.25) is 0 Å². The highest BCUT2D eigenvalue weighted by molar-refractivity contribution is 5.00. The Morgan fingerprint density at radius 3 is 2.50 bits per heavy atom. The van der Waals surface area contributed by atoms with Crippen LogP contribution in [-0.2, 0) is 0 Å². The first-order valence-electron chi connectivity index (χ1n) is 5.00. The molecule has 2 nitrogen and oxygen atoms in total. The van der Waals surface area contributed by atoms with Crippen LogP contribution in [0.25, 0.3) is 0 Å². The van der Waals surface area contributed by atoms with Crippen molar-refractivity contribution in [3.63, 3.8) is 0 Å². The minimum absolute atomic E-state index is 0.0643. The van der Waals surface area contributed by atoms with Crippen molar-refractivity contribution in [2.45, 2.75) is 51.6 Å². The summed E-state index contributed by atoms with van der Waals surface area (Å²) in [6, 6.07) is 0.532. The van der Waals surface area contributed by atoms with E-state index in [2.05, 4.69) is 26.1 Å². The number of aliphatic hydroxyl groups excluding tert-OH is 1. The highest BCUT2D eigenvalue weighted by Crippen LogP contribution is 2.37. The molecule has 1 unspecified atom stereocenters. The van der Waals surface area contributed by atoms with E-state index in [0.717, 1.165) is 25.2 Å². The van der Waals surface area contributed by atoms with Crippen LogP contribution in [0.2, 0.25) is 0 Å². The maximum Gasteiger partial charge on any atom is 0.0613 e. The fourth-order valence-electron chi connectivity index (χ4n) is 2.19. The standard InChI is InChI=1S/C10H21NO/c1-4-9(3)11-10(7-12)5-8(2)6-10/h8-9,11-12H,4-7H2,1-3H3. The predicted octanol–water partition coefficient (Wildman–Crippen LogP) is 1.54. The summed E-state index contributed by atoms with van der Waals surface area (Å²) in [7, 11) is 0. The van der Waals surface area contributed by atoms with E-state index in [0.29, 0.717) is 12.6 Å². The Kier molecular flexibility index (Phi) is 3.13. The van der Waals surface area contributed by atoms with Crippen LogP contribution >= 0.6 is 0 Å². The fraction of sp³-hybridized carbons (Fsp3) is 1.00. The molecule has 0 amide bonds. The predicted molar refractivity (Wildman–Crippen MR) is 51.1 cm³/mol. The normalized spacial score (nSPS) is 37.5. The van der Waals surface area contributed by atoms with Gasteiger partial charge in [-0.2, -0.15) is 0 Å². The fourth-order valence-corrected chi connectivity index (χ4v) is 2.19. The zero-order valence-electron chi connectivity index (χ0n) is 8.43. The maximum atomic E-state index is 9.24. The van der Waals surface area contributed by atoms with E-state index in [-0.39, 0.29) is 5.54 Å². The maximum absolute atomic E-state index is 9.24. The summed E-state index contributed by atoms with van der Waals surface area (Å²) in [5, 5.41) is 12.7.